The first-order chi connectivity index (χ1) is 12.4. The Morgan fingerprint density at radius 1 is 1.11 bits per heavy atom. The quantitative estimate of drug-likeness (QED) is 0.341. The highest BCUT2D eigenvalue weighted by atomic mass is 127. The van der Waals surface area contributed by atoms with Crippen molar-refractivity contribution in [3.8, 4) is 0 Å². The van der Waals surface area contributed by atoms with Gasteiger partial charge in [-0.05, 0) is 42.7 Å². The van der Waals surface area contributed by atoms with Gasteiger partial charge in [0.15, 0.2) is 5.96 Å². The van der Waals surface area contributed by atoms with Crippen LogP contribution in [-0.2, 0) is 17.9 Å². The molecule has 0 aliphatic heterocycles. The number of alkyl halides is 3. The molecule has 0 saturated heterocycles. The monoisotopic (exact) mass is 499 g/mol. The van der Waals surface area contributed by atoms with Crippen molar-refractivity contribution in [2.75, 3.05) is 13.7 Å². The lowest BCUT2D eigenvalue weighted by atomic mass is 9.87. The highest BCUT2D eigenvalue weighted by Crippen LogP contribution is 2.23. The lowest BCUT2D eigenvalue weighted by molar-refractivity contribution is -0.176. The standard InChI is InChI=1S/C19H28F3N3O.HI/c1-14-3-9-17(10-4-14)25-18(23-2)24-11-15-5-7-16(8-6-15)12-26-13-19(20,21)22;/h5-8,14,17H,3-4,9-13H2,1-2H3,(H2,23,24,25);1H. The van der Waals surface area contributed by atoms with E-state index in [4.69, 9.17) is 0 Å². The first kappa shape index (κ1) is 24.0. The molecule has 154 valence electrons. The Kier molecular flexibility index (Phi) is 10.4. The maximum absolute atomic E-state index is 12.1. The third kappa shape index (κ3) is 9.64. The summed E-state index contributed by atoms with van der Waals surface area (Å²) in [6.07, 6.45) is 0.519. The number of halogens is 4. The van der Waals surface area contributed by atoms with Crippen LogP contribution in [0.3, 0.4) is 0 Å². The zero-order valence-electron chi connectivity index (χ0n) is 15.8. The molecular formula is C19H29F3IN3O. The van der Waals surface area contributed by atoms with Crippen LogP contribution < -0.4 is 10.6 Å². The molecule has 0 amide bonds. The Balaban J connectivity index is 0.00000364. The van der Waals surface area contributed by atoms with Crippen molar-refractivity contribution in [1.29, 1.82) is 0 Å². The Bertz CT molecular complexity index is 571. The maximum atomic E-state index is 12.1. The molecule has 0 radical (unpaired) electrons. The number of guanidine groups is 1. The summed E-state index contributed by atoms with van der Waals surface area (Å²) in [5, 5.41) is 6.75. The van der Waals surface area contributed by atoms with Gasteiger partial charge in [-0.15, -0.1) is 24.0 Å². The number of nitrogens with zero attached hydrogens (tertiary/aromatic N) is 1. The van der Waals surface area contributed by atoms with Crippen LogP contribution in [0, 0.1) is 5.92 Å². The second-order valence-corrected chi connectivity index (χ2v) is 6.95. The van der Waals surface area contributed by atoms with Gasteiger partial charge < -0.3 is 15.4 Å². The summed E-state index contributed by atoms with van der Waals surface area (Å²) in [5.41, 5.74) is 1.75. The fourth-order valence-corrected chi connectivity index (χ4v) is 3.02. The molecule has 1 aromatic rings. The van der Waals surface area contributed by atoms with Gasteiger partial charge in [0, 0.05) is 19.6 Å². The van der Waals surface area contributed by atoms with Gasteiger partial charge in [0.2, 0.25) is 0 Å². The van der Waals surface area contributed by atoms with Crippen LogP contribution in [0.15, 0.2) is 29.3 Å². The van der Waals surface area contributed by atoms with Crippen LogP contribution in [0.4, 0.5) is 13.2 Å². The van der Waals surface area contributed by atoms with Gasteiger partial charge >= 0.3 is 6.18 Å². The topological polar surface area (TPSA) is 45.7 Å². The van der Waals surface area contributed by atoms with E-state index in [1.54, 1.807) is 19.2 Å². The fraction of sp³-hybridized carbons (Fsp3) is 0.632. The second-order valence-electron chi connectivity index (χ2n) is 6.95. The minimum Gasteiger partial charge on any atom is -0.367 e. The van der Waals surface area contributed by atoms with Crippen molar-refractivity contribution in [1.82, 2.24) is 10.6 Å². The third-order valence-electron chi connectivity index (χ3n) is 4.60. The van der Waals surface area contributed by atoms with E-state index in [1.807, 2.05) is 12.1 Å². The van der Waals surface area contributed by atoms with E-state index >= 15 is 0 Å². The number of hydrogen-bond donors (Lipinski definition) is 2. The molecule has 1 saturated carbocycles. The number of benzene rings is 1. The average molecular weight is 499 g/mol. The van der Waals surface area contributed by atoms with Gasteiger partial charge in [-0.1, -0.05) is 31.2 Å². The summed E-state index contributed by atoms with van der Waals surface area (Å²) >= 11 is 0. The van der Waals surface area contributed by atoms with Crippen LogP contribution in [0.5, 0.6) is 0 Å². The van der Waals surface area contributed by atoms with Crippen LogP contribution >= 0.6 is 24.0 Å². The highest BCUT2D eigenvalue weighted by molar-refractivity contribution is 14.0. The Morgan fingerprint density at radius 2 is 1.70 bits per heavy atom. The number of ether oxygens (including phenoxy) is 1. The number of rotatable bonds is 6. The molecule has 1 aliphatic carbocycles. The minimum absolute atomic E-state index is 0. The van der Waals surface area contributed by atoms with Gasteiger partial charge in [0.25, 0.3) is 0 Å². The predicted molar refractivity (Wildman–Crippen MR) is 112 cm³/mol. The van der Waals surface area contributed by atoms with Crippen molar-refractivity contribution < 1.29 is 17.9 Å². The molecule has 0 atom stereocenters. The Labute approximate surface area is 176 Å². The summed E-state index contributed by atoms with van der Waals surface area (Å²) in [4.78, 5) is 4.27. The van der Waals surface area contributed by atoms with Crippen LogP contribution in [-0.4, -0.2) is 31.8 Å². The molecule has 2 rings (SSSR count). The molecule has 0 bridgehead atoms. The van der Waals surface area contributed by atoms with Crippen molar-refractivity contribution in [3.63, 3.8) is 0 Å². The zero-order valence-corrected chi connectivity index (χ0v) is 18.1. The lowest BCUT2D eigenvalue weighted by Crippen LogP contribution is -2.44. The van der Waals surface area contributed by atoms with E-state index in [2.05, 4.69) is 27.3 Å². The molecule has 27 heavy (non-hydrogen) atoms. The molecule has 0 aromatic heterocycles. The first-order valence-electron chi connectivity index (χ1n) is 9.05. The van der Waals surface area contributed by atoms with E-state index in [1.165, 1.54) is 12.8 Å². The summed E-state index contributed by atoms with van der Waals surface area (Å²) in [6.45, 7) is 1.63. The summed E-state index contributed by atoms with van der Waals surface area (Å²) in [7, 11) is 1.75. The van der Waals surface area contributed by atoms with Gasteiger partial charge in [0.1, 0.15) is 6.61 Å². The smallest absolute Gasteiger partial charge is 0.367 e. The molecule has 0 heterocycles. The van der Waals surface area contributed by atoms with E-state index in [9.17, 15) is 13.2 Å². The highest BCUT2D eigenvalue weighted by Gasteiger charge is 2.27. The molecule has 8 heteroatoms. The Hall–Kier alpha value is -1.03. The van der Waals surface area contributed by atoms with E-state index in [0.29, 0.717) is 12.6 Å². The summed E-state index contributed by atoms with van der Waals surface area (Å²) in [5.74, 6) is 1.59. The third-order valence-corrected chi connectivity index (χ3v) is 4.60. The predicted octanol–water partition coefficient (Wildman–Crippen LogP) is 4.63. The van der Waals surface area contributed by atoms with Crippen LogP contribution in [0.1, 0.15) is 43.7 Å². The zero-order chi connectivity index (χ0) is 19.0. The molecule has 4 nitrogen and oxygen atoms in total. The first-order valence-corrected chi connectivity index (χ1v) is 9.05. The molecule has 2 N–H and O–H groups in total. The van der Waals surface area contributed by atoms with Crippen molar-refractivity contribution in [2.24, 2.45) is 10.9 Å². The molecular weight excluding hydrogens is 470 g/mol. The summed E-state index contributed by atoms with van der Waals surface area (Å²) in [6, 6.07) is 7.80. The normalized spacial score (nSPS) is 20.7. The number of nitrogens with one attached hydrogen (secondary N) is 2. The van der Waals surface area contributed by atoms with Crippen molar-refractivity contribution >= 4 is 29.9 Å². The van der Waals surface area contributed by atoms with Gasteiger partial charge in [-0.25, -0.2) is 0 Å². The SMILES string of the molecule is CN=C(NCc1ccc(COCC(F)(F)F)cc1)NC1CCC(C)CC1.I. The molecule has 1 aliphatic rings. The fourth-order valence-electron chi connectivity index (χ4n) is 3.02. The maximum Gasteiger partial charge on any atom is 0.411 e. The van der Waals surface area contributed by atoms with Crippen LogP contribution in [0.25, 0.3) is 0 Å². The largest absolute Gasteiger partial charge is 0.411 e. The van der Waals surface area contributed by atoms with E-state index < -0.39 is 12.8 Å². The molecule has 1 aromatic carbocycles. The average Bonchev–Trinajstić information content (AvgIpc) is 2.60. The van der Waals surface area contributed by atoms with Crippen LogP contribution in [0.2, 0.25) is 0 Å². The number of hydrogen-bond acceptors (Lipinski definition) is 2. The molecule has 1 fully saturated rings. The van der Waals surface area contributed by atoms with Crippen molar-refractivity contribution in [3.05, 3.63) is 35.4 Å². The van der Waals surface area contributed by atoms with Gasteiger partial charge in [0.05, 0.1) is 6.61 Å². The van der Waals surface area contributed by atoms with E-state index in [0.717, 1.165) is 35.8 Å². The second kappa shape index (κ2) is 11.7. The molecule has 0 spiro atoms. The lowest BCUT2D eigenvalue weighted by Gasteiger charge is -2.28. The van der Waals surface area contributed by atoms with Gasteiger partial charge in [-0.3, -0.25) is 4.99 Å². The molecule has 0 unspecified atom stereocenters. The summed E-state index contributed by atoms with van der Waals surface area (Å²) < 4.78 is 40.9. The van der Waals surface area contributed by atoms with E-state index in [-0.39, 0.29) is 30.6 Å². The number of aliphatic imine (C=N–C) groups is 1. The van der Waals surface area contributed by atoms with Crippen molar-refractivity contribution in [2.45, 2.75) is 58.0 Å². The minimum atomic E-state index is -4.29. The Morgan fingerprint density at radius 3 is 2.26 bits per heavy atom. The van der Waals surface area contributed by atoms with Gasteiger partial charge in [-0.2, -0.15) is 13.2 Å².